The number of nitrogens with two attached hydrogens (primary N) is 1. The van der Waals surface area contributed by atoms with Crippen LogP contribution in [0.15, 0.2) is 28.8 Å². The van der Waals surface area contributed by atoms with E-state index in [0.717, 1.165) is 30.2 Å². The molecule has 2 aromatic heterocycles. The fraction of sp³-hybridized carbons (Fsp3) is 0.312. The molecule has 0 radical (unpaired) electrons. The van der Waals surface area contributed by atoms with Crippen LogP contribution in [0.5, 0.6) is 0 Å². The third-order valence-electron chi connectivity index (χ3n) is 4.32. The van der Waals surface area contributed by atoms with E-state index in [1.165, 1.54) is 12.1 Å². The molecule has 5 nitrogen and oxygen atoms in total. The maximum Gasteiger partial charge on any atom is 0.259 e. The molecule has 1 saturated carbocycles. The summed E-state index contributed by atoms with van der Waals surface area (Å²) in [5.74, 6) is 0.651. The van der Waals surface area contributed by atoms with Gasteiger partial charge >= 0.3 is 0 Å². The molecule has 2 heterocycles. The Morgan fingerprint density at radius 1 is 1.22 bits per heavy atom. The Bertz CT molecular complexity index is 876. The topological polar surface area (TPSA) is 77.8 Å². The molecule has 1 aliphatic carbocycles. The van der Waals surface area contributed by atoms with Crippen LogP contribution in [0.1, 0.15) is 30.8 Å². The van der Waals surface area contributed by atoms with Crippen molar-refractivity contribution in [3.63, 3.8) is 0 Å². The maximum atomic E-state index is 13.3. The van der Waals surface area contributed by atoms with Crippen LogP contribution in [-0.2, 0) is 5.54 Å². The molecule has 1 aliphatic rings. The molecule has 120 valence electrons. The third-order valence-corrected chi connectivity index (χ3v) is 4.32. The lowest BCUT2D eigenvalue weighted by Crippen LogP contribution is -2.44. The molecule has 1 aromatic carbocycles. The highest BCUT2D eigenvalue weighted by molar-refractivity contribution is 5.85. The molecular weight excluding hydrogens is 319 g/mol. The van der Waals surface area contributed by atoms with Crippen LogP contribution in [0.3, 0.4) is 0 Å². The van der Waals surface area contributed by atoms with Crippen LogP contribution in [-0.4, -0.2) is 15.1 Å². The van der Waals surface area contributed by atoms with E-state index in [4.69, 9.17) is 10.3 Å². The first-order chi connectivity index (χ1) is 10.5. The van der Waals surface area contributed by atoms with Crippen molar-refractivity contribution in [2.24, 2.45) is 5.73 Å². The Labute approximate surface area is 138 Å². The van der Waals surface area contributed by atoms with Crippen molar-refractivity contribution in [3.8, 4) is 11.5 Å². The summed E-state index contributed by atoms with van der Waals surface area (Å²) in [5, 5.41) is 4.85. The monoisotopic (exact) mass is 334 g/mol. The molecule has 7 heteroatoms. The van der Waals surface area contributed by atoms with Crippen LogP contribution in [0, 0.1) is 12.7 Å². The van der Waals surface area contributed by atoms with Crippen LogP contribution in [0.4, 0.5) is 4.39 Å². The number of fused-ring (bicyclic) bond motifs is 1. The molecule has 0 aliphatic heterocycles. The third kappa shape index (κ3) is 2.58. The Hall–Kier alpha value is -2.05. The Morgan fingerprint density at radius 2 is 2.00 bits per heavy atom. The molecule has 0 atom stereocenters. The summed E-state index contributed by atoms with van der Waals surface area (Å²) in [7, 11) is 0. The summed E-state index contributed by atoms with van der Waals surface area (Å²) in [6.07, 6.45) is 2.84. The molecule has 0 unspecified atom stereocenters. The van der Waals surface area contributed by atoms with Gasteiger partial charge < -0.3 is 10.3 Å². The highest BCUT2D eigenvalue weighted by atomic mass is 35.5. The van der Waals surface area contributed by atoms with Gasteiger partial charge in [0, 0.05) is 11.5 Å². The average Bonchev–Trinajstić information content (AvgIpc) is 2.93. The lowest BCUT2D eigenvalue weighted by atomic mass is 9.77. The second kappa shape index (κ2) is 5.54. The van der Waals surface area contributed by atoms with Gasteiger partial charge in [-0.05, 0) is 44.4 Å². The summed E-state index contributed by atoms with van der Waals surface area (Å²) < 4.78 is 18.6. The van der Waals surface area contributed by atoms with Gasteiger partial charge in [-0.2, -0.15) is 4.98 Å². The predicted molar refractivity (Wildman–Crippen MR) is 86.7 cm³/mol. The zero-order valence-corrected chi connectivity index (χ0v) is 13.4. The van der Waals surface area contributed by atoms with Gasteiger partial charge in [-0.15, -0.1) is 12.4 Å². The zero-order valence-electron chi connectivity index (χ0n) is 12.5. The van der Waals surface area contributed by atoms with E-state index < -0.39 is 5.54 Å². The van der Waals surface area contributed by atoms with Crippen molar-refractivity contribution in [2.75, 3.05) is 0 Å². The Balaban J connectivity index is 0.00000156. The van der Waals surface area contributed by atoms with Crippen LogP contribution in [0.25, 0.3) is 22.4 Å². The smallest absolute Gasteiger partial charge is 0.259 e. The Morgan fingerprint density at radius 3 is 2.70 bits per heavy atom. The molecule has 0 amide bonds. The zero-order chi connectivity index (χ0) is 15.3. The predicted octanol–water partition coefficient (Wildman–Crippen LogP) is 3.49. The van der Waals surface area contributed by atoms with Crippen molar-refractivity contribution in [1.82, 2.24) is 15.1 Å². The average molecular weight is 335 g/mol. The molecular formula is C16H16ClFN4O. The maximum absolute atomic E-state index is 13.3. The van der Waals surface area contributed by atoms with Crippen molar-refractivity contribution in [1.29, 1.82) is 0 Å². The quantitative estimate of drug-likeness (QED) is 0.776. The summed E-state index contributed by atoms with van der Waals surface area (Å²) in [6.45, 7) is 1.84. The van der Waals surface area contributed by atoms with Crippen molar-refractivity contribution < 1.29 is 8.91 Å². The van der Waals surface area contributed by atoms with Gasteiger partial charge in [0.15, 0.2) is 5.82 Å². The van der Waals surface area contributed by atoms with Crippen molar-refractivity contribution in [3.05, 3.63) is 41.6 Å². The first kappa shape index (κ1) is 15.8. The first-order valence-corrected chi connectivity index (χ1v) is 7.25. The normalized spacial score (nSPS) is 16.0. The number of hydrogen-bond acceptors (Lipinski definition) is 5. The minimum Gasteiger partial charge on any atom is -0.334 e. The van der Waals surface area contributed by atoms with Gasteiger partial charge in [0.1, 0.15) is 5.82 Å². The summed E-state index contributed by atoms with van der Waals surface area (Å²) in [4.78, 5) is 8.86. The second-order valence-corrected chi connectivity index (χ2v) is 5.89. The lowest BCUT2D eigenvalue weighted by Gasteiger charge is -2.34. The molecule has 23 heavy (non-hydrogen) atoms. The van der Waals surface area contributed by atoms with Gasteiger partial charge in [-0.3, -0.25) is 4.98 Å². The largest absolute Gasteiger partial charge is 0.334 e. The van der Waals surface area contributed by atoms with Crippen molar-refractivity contribution >= 4 is 23.3 Å². The standard InChI is InChI=1S/C16H15FN4O.ClH/c1-9-12(7-10-3-4-11(17)8-13(10)19-9)14-20-15(21-22-14)16(18)5-2-6-16;/h3-4,7-8H,2,5-6,18H2,1H3;1H. The van der Waals surface area contributed by atoms with Gasteiger partial charge in [-0.1, -0.05) is 5.16 Å². The molecule has 0 bridgehead atoms. The van der Waals surface area contributed by atoms with Crippen LogP contribution < -0.4 is 5.73 Å². The summed E-state index contributed by atoms with van der Waals surface area (Å²) >= 11 is 0. The lowest BCUT2D eigenvalue weighted by molar-refractivity contribution is 0.229. The van der Waals surface area contributed by atoms with E-state index in [2.05, 4.69) is 15.1 Å². The highest BCUT2D eigenvalue weighted by Crippen LogP contribution is 2.38. The van der Waals surface area contributed by atoms with E-state index in [-0.39, 0.29) is 18.2 Å². The molecule has 3 aromatic rings. The van der Waals surface area contributed by atoms with E-state index in [1.807, 2.05) is 13.0 Å². The fourth-order valence-electron chi connectivity index (χ4n) is 2.77. The van der Waals surface area contributed by atoms with Crippen molar-refractivity contribution in [2.45, 2.75) is 31.7 Å². The van der Waals surface area contributed by atoms with Gasteiger partial charge in [0.25, 0.3) is 5.89 Å². The summed E-state index contributed by atoms with van der Waals surface area (Å²) in [5.41, 5.74) is 7.84. The Kier molecular flexibility index (Phi) is 3.82. The van der Waals surface area contributed by atoms with E-state index in [1.54, 1.807) is 6.07 Å². The number of rotatable bonds is 2. The second-order valence-electron chi connectivity index (χ2n) is 5.89. The number of aromatic nitrogens is 3. The summed E-state index contributed by atoms with van der Waals surface area (Å²) in [6, 6.07) is 6.40. The van der Waals surface area contributed by atoms with Gasteiger partial charge in [-0.25, -0.2) is 4.39 Å². The molecule has 0 saturated heterocycles. The van der Waals surface area contributed by atoms with Gasteiger partial charge in [0.2, 0.25) is 0 Å². The number of pyridine rings is 1. The number of hydrogen-bond donors (Lipinski definition) is 1. The molecule has 4 rings (SSSR count). The van der Waals surface area contributed by atoms with Crippen LogP contribution >= 0.6 is 12.4 Å². The van der Waals surface area contributed by atoms with Crippen LogP contribution in [0.2, 0.25) is 0 Å². The van der Waals surface area contributed by atoms with E-state index in [0.29, 0.717) is 22.9 Å². The van der Waals surface area contributed by atoms with E-state index >= 15 is 0 Å². The van der Waals surface area contributed by atoms with E-state index in [9.17, 15) is 4.39 Å². The number of halogens is 2. The molecule has 1 fully saturated rings. The molecule has 2 N–H and O–H groups in total. The van der Waals surface area contributed by atoms with Gasteiger partial charge in [0.05, 0.1) is 22.3 Å². The SMILES string of the molecule is Cc1nc2cc(F)ccc2cc1-c1nc(C2(N)CCC2)no1.Cl. The molecule has 0 spiro atoms. The fourth-order valence-corrected chi connectivity index (χ4v) is 2.77. The minimum atomic E-state index is -0.455. The highest BCUT2D eigenvalue weighted by Gasteiger charge is 2.39. The number of aryl methyl sites for hydroxylation is 1. The minimum absolute atomic E-state index is 0. The number of benzene rings is 1. The first-order valence-electron chi connectivity index (χ1n) is 7.25. The number of nitrogens with zero attached hydrogens (tertiary/aromatic N) is 3.